The molecule has 12 atom stereocenters. The lowest BCUT2D eigenvalue weighted by atomic mass is 9.87. The van der Waals surface area contributed by atoms with Crippen molar-refractivity contribution < 1.29 is 106 Å². The number of carbonyl (C=O) groups is 18. The minimum atomic E-state index is -2.10. The molecule has 43 heteroatoms. The summed E-state index contributed by atoms with van der Waals surface area (Å²) in [5.74, 6) is -20.0. The third-order valence-corrected chi connectivity index (χ3v) is 24.5. The fourth-order valence-electron chi connectivity index (χ4n) is 13.5. The van der Waals surface area contributed by atoms with Gasteiger partial charge in [-0.25, -0.2) is 0 Å². The molecule has 0 aliphatic carbocycles. The standard InChI is InChI=1S/C80H107N19O22S2/c1-40(100)63-74(116)94-56(36-46-39-87-49-14-10-9-13-48(46)49)71(113)89-51(22-25-59(83)103)69(111)98-65(79(5,6)123-122-78(3,4)64(88-41(2)101)75(117)90-50(68(110)97-63)21-24-58(82)102)76(118)95-54(34-42-16-19-47(20-17-42)121-32-29-81)70(112)92-55(35-43-15-18-44-11-7-8-12-45(44)33-43)73(115)99-80(27-30-120-31-28-80)77(119)96-52(23-26-62(106)107)67(109)93-57(38-61(85)105)72(114)91-53(66(86)108)37-60(84)104/h7-20,33,39-40,50-57,63-65,87,100H,21-32,34-38,81H2,1-6H3,(H2,82,102)(H2,83,103)(H2,84,104)(H2,85,105)(H2,86,108)(H,88,101)(H,89,113)(H,90,117)(H,91,114)(H,92,112)(H,93,109)(H,94,116)(H,95,118)(H,96,119)(H,97,110)(H,98,111)(H,99,115)(H,106,107)/t40-,50-,51+,52+,53+,54+,55+,56+,57+,63+,64+,65-/m1/s1. The third-order valence-electron chi connectivity index (χ3n) is 20.2. The van der Waals surface area contributed by atoms with Gasteiger partial charge in [-0.05, 0) is 99.5 Å². The molecule has 17 amide bonds. The summed E-state index contributed by atoms with van der Waals surface area (Å²) in [5.41, 5.74) is 32.7. The first-order chi connectivity index (χ1) is 58.0. The van der Waals surface area contributed by atoms with Gasteiger partial charge in [-0.15, -0.1) is 0 Å². The Kier molecular flexibility index (Phi) is 35.6. The molecule has 7 rings (SSSR count). The Labute approximate surface area is 714 Å². The van der Waals surface area contributed by atoms with E-state index < -0.39 is 252 Å². The number of aliphatic carboxylic acids is 1. The number of para-hydroxylation sites is 1. The molecular formula is C80H107N19O22S2. The number of aliphatic hydroxyl groups is 1. The van der Waals surface area contributed by atoms with Gasteiger partial charge in [0, 0.05) is 105 Å². The summed E-state index contributed by atoms with van der Waals surface area (Å²) in [6.07, 6.45) is -7.58. The van der Waals surface area contributed by atoms with E-state index in [1.165, 1.54) is 27.7 Å². The molecule has 0 unspecified atom stereocenters. The van der Waals surface area contributed by atoms with Crippen LogP contribution >= 0.6 is 21.6 Å². The molecule has 0 spiro atoms. The fraction of sp³-hybridized carbons (Fsp3) is 0.475. The molecule has 0 bridgehead atoms. The van der Waals surface area contributed by atoms with Crippen molar-refractivity contribution in [1.82, 2.24) is 68.8 Å². The van der Waals surface area contributed by atoms with Crippen molar-refractivity contribution in [1.29, 1.82) is 0 Å². The van der Waals surface area contributed by atoms with E-state index in [2.05, 4.69) is 68.8 Å². The van der Waals surface area contributed by atoms with Crippen LogP contribution in [-0.2, 0) is 110 Å². The zero-order chi connectivity index (χ0) is 90.8. The largest absolute Gasteiger partial charge is 0.492 e. The highest BCUT2D eigenvalue weighted by atomic mass is 33.1. The molecule has 4 aromatic carbocycles. The van der Waals surface area contributed by atoms with Crippen molar-refractivity contribution in [3.05, 3.63) is 114 Å². The molecule has 2 saturated heterocycles. The lowest BCUT2D eigenvalue weighted by molar-refractivity contribution is -0.142. The first-order valence-electron chi connectivity index (χ1n) is 39.3. The summed E-state index contributed by atoms with van der Waals surface area (Å²) in [6.45, 7) is 7.91. The molecule has 1 aromatic heterocycles. The summed E-state index contributed by atoms with van der Waals surface area (Å²) in [5, 5.41) is 53.7. The Morgan fingerprint density at radius 1 is 0.569 bits per heavy atom. The number of carboxylic acids is 1. The average Bonchev–Trinajstić information content (AvgIpc) is 1.48. The highest BCUT2D eigenvalue weighted by Gasteiger charge is 2.48. The Hall–Kier alpha value is -12.5. The molecule has 41 nitrogen and oxygen atoms in total. The van der Waals surface area contributed by atoms with E-state index in [0.717, 1.165) is 40.8 Å². The summed E-state index contributed by atoms with van der Waals surface area (Å²) >= 11 is 0. The van der Waals surface area contributed by atoms with Crippen LogP contribution in [0.5, 0.6) is 5.75 Å². The Bertz CT molecular complexity index is 4750. The molecule has 27 N–H and O–H groups in total. The molecule has 5 aromatic rings. The van der Waals surface area contributed by atoms with E-state index in [0.29, 0.717) is 38.7 Å². The van der Waals surface area contributed by atoms with Crippen molar-refractivity contribution in [2.45, 2.75) is 213 Å². The van der Waals surface area contributed by atoms with Gasteiger partial charge in [0.2, 0.25) is 100 Å². The topological polar surface area (TPSA) is 682 Å². The van der Waals surface area contributed by atoms with Crippen LogP contribution in [0.2, 0.25) is 0 Å². The maximum atomic E-state index is 16.1. The van der Waals surface area contributed by atoms with Crippen LogP contribution in [0.15, 0.2) is 97.2 Å². The smallest absolute Gasteiger partial charge is 0.303 e. The molecule has 0 saturated carbocycles. The number of aliphatic hydroxyl groups excluding tert-OH is 1. The molecule has 2 aliphatic rings. The fourth-order valence-corrected chi connectivity index (χ4v) is 16.3. The second kappa shape index (κ2) is 44.9. The number of amides is 17. The number of ether oxygens (including phenoxy) is 2. The van der Waals surface area contributed by atoms with E-state index >= 15 is 28.8 Å². The number of benzene rings is 4. The van der Waals surface area contributed by atoms with Crippen molar-refractivity contribution in [3.8, 4) is 5.75 Å². The number of aromatic amines is 1. The number of carboxylic acid groups (broad SMARTS) is 1. The average molecular weight is 1750 g/mol. The zero-order valence-corrected chi connectivity index (χ0v) is 70.2. The van der Waals surface area contributed by atoms with E-state index in [1.54, 1.807) is 91.1 Å². The molecule has 2 aliphatic heterocycles. The lowest BCUT2D eigenvalue weighted by Gasteiger charge is -2.39. The summed E-state index contributed by atoms with van der Waals surface area (Å²) < 4.78 is 8.12. The van der Waals surface area contributed by atoms with E-state index in [9.17, 15) is 67.7 Å². The van der Waals surface area contributed by atoms with Gasteiger partial charge < -0.3 is 123 Å². The van der Waals surface area contributed by atoms with Crippen LogP contribution in [0.3, 0.4) is 0 Å². The van der Waals surface area contributed by atoms with Gasteiger partial charge in [0.15, 0.2) is 0 Å². The molecule has 666 valence electrons. The molecule has 0 radical (unpaired) electrons. The summed E-state index contributed by atoms with van der Waals surface area (Å²) in [7, 11) is 1.73. The zero-order valence-electron chi connectivity index (χ0n) is 68.5. The number of primary amides is 5. The second-order valence-corrected chi connectivity index (χ2v) is 34.4. The van der Waals surface area contributed by atoms with Gasteiger partial charge in [-0.1, -0.05) is 94.4 Å². The van der Waals surface area contributed by atoms with E-state index in [1.807, 2.05) is 6.07 Å². The van der Waals surface area contributed by atoms with Crippen molar-refractivity contribution >= 4 is 150 Å². The van der Waals surface area contributed by atoms with Gasteiger partial charge in [0.1, 0.15) is 84.4 Å². The van der Waals surface area contributed by atoms with Crippen LogP contribution in [0.1, 0.15) is 122 Å². The maximum absolute atomic E-state index is 16.1. The Balaban J connectivity index is 1.35. The molecule has 2 fully saturated rings. The SMILES string of the molecule is CC(=O)N[C@H]1C(=O)N[C@H](CCC(N)=O)C(=O)N[C@@H]([C@@H](C)O)C(=O)N[C@@H](Cc2c[nH]c3ccccc23)C(=O)N[C@@H](CCC(N)=O)C(=O)N[C@H](C(=O)N[C@@H](Cc2ccc(OCCN)cc2)C(=O)N[C@@H](Cc2ccc3ccccc3c2)C(=O)NC2(C(=O)N[C@@H](CCC(=O)O)C(=O)N[C@@H](CC(N)=O)C(=O)N[C@@H](CC(N)=O)C(N)=O)CCOCC2)C(C)(C)SSC1(C)C. The quantitative estimate of drug-likeness (QED) is 0.0167. The summed E-state index contributed by atoms with van der Waals surface area (Å²) in [6, 6.07) is 5.33. The minimum Gasteiger partial charge on any atom is -0.492 e. The van der Waals surface area contributed by atoms with Crippen LogP contribution in [0, 0.1) is 0 Å². The van der Waals surface area contributed by atoms with Crippen LogP contribution in [-0.4, -0.2) is 236 Å². The Morgan fingerprint density at radius 3 is 1.70 bits per heavy atom. The predicted molar refractivity (Wildman–Crippen MR) is 448 cm³/mol. The third kappa shape index (κ3) is 29.1. The minimum absolute atomic E-state index is 0.0915. The second-order valence-electron chi connectivity index (χ2n) is 30.9. The first kappa shape index (κ1) is 97.6. The molecule has 123 heavy (non-hydrogen) atoms. The number of carbonyl (C=O) groups excluding carboxylic acids is 17. The lowest BCUT2D eigenvalue weighted by Crippen LogP contribution is -2.67. The highest BCUT2D eigenvalue weighted by molar-refractivity contribution is 8.77. The number of H-pyrrole nitrogens is 1. The van der Waals surface area contributed by atoms with Gasteiger partial charge in [0.05, 0.1) is 18.9 Å². The predicted octanol–water partition coefficient (Wildman–Crippen LogP) is -4.33. The summed E-state index contributed by atoms with van der Waals surface area (Å²) in [4.78, 5) is 256. The number of aromatic nitrogens is 1. The van der Waals surface area contributed by atoms with Crippen molar-refractivity contribution in [2.24, 2.45) is 34.4 Å². The highest BCUT2D eigenvalue weighted by Crippen LogP contribution is 2.47. The van der Waals surface area contributed by atoms with Crippen molar-refractivity contribution in [2.75, 3.05) is 26.4 Å². The van der Waals surface area contributed by atoms with Crippen molar-refractivity contribution in [3.63, 3.8) is 0 Å². The maximum Gasteiger partial charge on any atom is 0.303 e. The number of rotatable bonds is 37. The first-order valence-corrected chi connectivity index (χ1v) is 41.5. The number of nitrogens with one attached hydrogen (secondary N) is 13. The van der Waals surface area contributed by atoms with Gasteiger partial charge in [-0.3, -0.25) is 86.3 Å². The van der Waals surface area contributed by atoms with Gasteiger partial charge in [0.25, 0.3) is 0 Å². The molecular weight excluding hydrogens is 1640 g/mol. The van der Waals surface area contributed by atoms with Crippen LogP contribution < -0.4 is 103 Å². The van der Waals surface area contributed by atoms with Crippen LogP contribution in [0.4, 0.5) is 0 Å². The number of nitrogens with two attached hydrogens (primary N) is 6. The number of hydrogen-bond acceptors (Lipinski definition) is 24. The van der Waals surface area contributed by atoms with Gasteiger partial charge in [-0.2, -0.15) is 0 Å². The van der Waals surface area contributed by atoms with E-state index in [4.69, 9.17) is 43.9 Å². The Morgan fingerprint density at radius 2 is 1.10 bits per heavy atom. The van der Waals surface area contributed by atoms with E-state index in [-0.39, 0.29) is 52.0 Å². The monoisotopic (exact) mass is 1750 g/mol. The van der Waals surface area contributed by atoms with Gasteiger partial charge >= 0.3 is 5.97 Å². The number of hydrogen-bond donors (Lipinski definition) is 21. The van der Waals surface area contributed by atoms with Crippen LogP contribution in [0.25, 0.3) is 21.7 Å². The number of fused-ring (bicyclic) bond motifs is 2. The molecule has 3 heterocycles. The normalized spacial score (nSPS) is 20.3.